The van der Waals surface area contributed by atoms with E-state index in [9.17, 15) is 0 Å². The predicted molar refractivity (Wildman–Crippen MR) is 63.4 cm³/mol. The van der Waals surface area contributed by atoms with E-state index in [2.05, 4.69) is 40.3 Å². The minimum atomic E-state index is 0.604. The molecule has 2 rings (SSSR count). The Morgan fingerprint density at radius 2 is 2.47 bits per heavy atom. The van der Waals surface area contributed by atoms with Crippen LogP contribution in [0.3, 0.4) is 0 Å². The van der Waals surface area contributed by atoms with Gasteiger partial charge in [0.1, 0.15) is 5.82 Å². The van der Waals surface area contributed by atoms with Crippen molar-refractivity contribution in [2.24, 2.45) is 0 Å². The zero-order chi connectivity index (χ0) is 10.7. The maximum atomic E-state index is 3.44. The zero-order valence-electron chi connectivity index (χ0n) is 9.53. The molecular weight excluding hydrogens is 188 g/mol. The third-order valence-electron chi connectivity index (χ3n) is 3.12. The molecule has 2 N–H and O–H groups in total. The van der Waals surface area contributed by atoms with Crippen LogP contribution in [0.25, 0.3) is 0 Å². The van der Waals surface area contributed by atoms with Gasteiger partial charge in [-0.1, -0.05) is 0 Å². The van der Waals surface area contributed by atoms with Gasteiger partial charge < -0.3 is 15.2 Å². The summed E-state index contributed by atoms with van der Waals surface area (Å²) < 4.78 is 0. The summed E-state index contributed by atoms with van der Waals surface area (Å²) in [6.07, 6.45) is 1.97. The number of rotatable bonds is 3. The SMILES string of the molecule is CN(CC1CNCCN1C)c1ccc[nH]1. The summed E-state index contributed by atoms with van der Waals surface area (Å²) in [6.45, 7) is 4.40. The first kappa shape index (κ1) is 10.5. The minimum absolute atomic E-state index is 0.604. The Labute approximate surface area is 91.3 Å². The molecule has 0 aliphatic carbocycles. The number of nitrogens with one attached hydrogen (secondary N) is 2. The van der Waals surface area contributed by atoms with Crippen molar-refractivity contribution in [2.75, 3.05) is 45.2 Å². The molecule has 0 spiro atoms. The highest BCUT2D eigenvalue weighted by Gasteiger charge is 2.20. The maximum absolute atomic E-state index is 3.44. The lowest BCUT2D eigenvalue weighted by Crippen LogP contribution is -2.53. The van der Waals surface area contributed by atoms with Crippen LogP contribution in [0.2, 0.25) is 0 Å². The van der Waals surface area contributed by atoms with Gasteiger partial charge in [-0.25, -0.2) is 0 Å². The number of H-pyrrole nitrogens is 1. The first-order valence-corrected chi connectivity index (χ1v) is 5.53. The normalized spacial score (nSPS) is 22.9. The molecule has 4 nitrogen and oxygen atoms in total. The van der Waals surface area contributed by atoms with E-state index in [4.69, 9.17) is 0 Å². The standard InChI is InChI=1S/C11H20N4/c1-14-7-6-12-8-10(14)9-15(2)11-4-3-5-13-11/h3-5,10,12-13H,6-9H2,1-2H3. The van der Waals surface area contributed by atoms with Crippen molar-refractivity contribution >= 4 is 5.82 Å². The largest absolute Gasteiger partial charge is 0.360 e. The molecule has 2 heterocycles. The van der Waals surface area contributed by atoms with E-state index in [1.165, 1.54) is 5.82 Å². The number of piperazine rings is 1. The number of hydrogen-bond donors (Lipinski definition) is 2. The molecule has 4 heteroatoms. The molecule has 0 amide bonds. The molecule has 84 valence electrons. The van der Waals surface area contributed by atoms with E-state index < -0.39 is 0 Å². The predicted octanol–water partition coefficient (Wildman–Crippen LogP) is 0.355. The van der Waals surface area contributed by atoms with Crippen LogP contribution in [0.15, 0.2) is 18.3 Å². The van der Waals surface area contributed by atoms with E-state index in [1.54, 1.807) is 0 Å². The average molecular weight is 208 g/mol. The number of aromatic nitrogens is 1. The highest BCUT2D eigenvalue weighted by atomic mass is 15.3. The molecule has 0 bridgehead atoms. The minimum Gasteiger partial charge on any atom is -0.360 e. The molecule has 1 unspecified atom stereocenters. The number of hydrogen-bond acceptors (Lipinski definition) is 3. The second kappa shape index (κ2) is 4.68. The Bertz CT molecular complexity index is 283. The molecule has 1 aliphatic rings. The highest BCUT2D eigenvalue weighted by Crippen LogP contribution is 2.10. The number of aromatic amines is 1. The monoisotopic (exact) mass is 208 g/mol. The molecule has 1 aromatic rings. The molecular formula is C11H20N4. The molecule has 1 saturated heterocycles. The maximum Gasteiger partial charge on any atom is 0.105 e. The van der Waals surface area contributed by atoms with Gasteiger partial charge in [-0.3, -0.25) is 4.90 Å². The molecule has 0 saturated carbocycles. The van der Waals surface area contributed by atoms with E-state index in [0.29, 0.717) is 6.04 Å². The molecule has 1 atom stereocenters. The Hall–Kier alpha value is -1.00. The summed E-state index contributed by atoms with van der Waals surface area (Å²) >= 11 is 0. The van der Waals surface area contributed by atoms with Gasteiger partial charge in [-0.15, -0.1) is 0 Å². The first-order valence-electron chi connectivity index (χ1n) is 5.53. The fourth-order valence-corrected chi connectivity index (χ4v) is 2.04. The first-order chi connectivity index (χ1) is 7.27. The van der Waals surface area contributed by atoms with E-state index >= 15 is 0 Å². The van der Waals surface area contributed by atoms with Gasteiger partial charge in [-0.05, 0) is 19.2 Å². The van der Waals surface area contributed by atoms with E-state index in [1.807, 2.05) is 12.3 Å². The van der Waals surface area contributed by atoms with Gasteiger partial charge >= 0.3 is 0 Å². The van der Waals surface area contributed by atoms with Crippen molar-refractivity contribution in [3.05, 3.63) is 18.3 Å². The Balaban J connectivity index is 1.90. The third kappa shape index (κ3) is 2.52. The number of likely N-dealkylation sites (N-methyl/N-ethyl adjacent to an activating group) is 2. The molecule has 1 aliphatic heterocycles. The Morgan fingerprint density at radius 1 is 1.60 bits per heavy atom. The van der Waals surface area contributed by atoms with Gasteiger partial charge in [0.25, 0.3) is 0 Å². The van der Waals surface area contributed by atoms with Gasteiger partial charge in [-0.2, -0.15) is 0 Å². The third-order valence-corrected chi connectivity index (χ3v) is 3.12. The lowest BCUT2D eigenvalue weighted by atomic mass is 10.2. The Kier molecular flexibility index (Phi) is 3.28. The van der Waals surface area contributed by atoms with Crippen molar-refractivity contribution in [3.63, 3.8) is 0 Å². The van der Waals surface area contributed by atoms with Gasteiger partial charge in [0, 0.05) is 45.5 Å². The van der Waals surface area contributed by atoms with Crippen LogP contribution in [0.5, 0.6) is 0 Å². The summed E-state index contributed by atoms with van der Waals surface area (Å²) in [4.78, 5) is 7.93. The number of anilines is 1. The van der Waals surface area contributed by atoms with Crippen molar-refractivity contribution in [1.29, 1.82) is 0 Å². The van der Waals surface area contributed by atoms with Crippen LogP contribution < -0.4 is 10.2 Å². The fourth-order valence-electron chi connectivity index (χ4n) is 2.04. The molecule has 1 aromatic heterocycles. The van der Waals surface area contributed by atoms with Crippen LogP contribution >= 0.6 is 0 Å². The quantitative estimate of drug-likeness (QED) is 0.752. The van der Waals surface area contributed by atoms with Gasteiger partial charge in [0.2, 0.25) is 0 Å². The molecule has 15 heavy (non-hydrogen) atoms. The second-order valence-corrected chi connectivity index (χ2v) is 4.27. The molecule has 0 radical (unpaired) electrons. The fraction of sp³-hybridized carbons (Fsp3) is 0.636. The van der Waals surface area contributed by atoms with Crippen molar-refractivity contribution in [3.8, 4) is 0 Å². The van der Waals surface area contributed by atoms with Gasteiger partial charge in [0.05, 0.1) is 0 Å². The smallest absolute Gasteiger partial charge is 0.105 e. The lowest BCUT2D eigenvalue weighted by molar-refractivity contribution is 0.204. The van der Waals surface area contributed by atoms with Crippen LogP contribution in [-0.4, -0.2) is 56.2 Å². The molecule has 1 fully saturated rings. The van der Waals surface area contributed by atoms with Gasteiger partial charge in [0.15, 0.2) is 0 Å². The Morgan fingerprint density at radius 3 is 3.13 bits per heavy atom. The summed E-state index contributed by atoms with van der Waals surface area (Å²) in [5, 5.41) is 3.44. The van der Waals surface area contributed by atoms with Crippen LogP contribution in [-0.2, 0) is 0 Å². The van der Waals surface area contributed by atoms with Crippen LogP contribution in [0.4, 0.5) is 5.82 Å². The van der Waals surface area contributed by atoms with Crippen molar-refractivity contribution < 1.29 is 0 Å². The zero-order valence-corrected chi connectivity index (χ0v) is 9.53. The van der Waals surface area contributed by atoms with E-state index in [0.717, 1.165) is 26.2 Å². The van der Waals surface area contributed by atoms with Crippen LogP contribution in [0.1, 0.15) is 0 Å². The van der Waals surface area contributed by atoms with Crippen molar-refractivity contribution in [2.45, 2.75) is 6.04 Å². The van der Waals surface area contributed by atoms with Crippen LogP contribution in [0, 0.1) is 0 Å². The summed E-state index contributed by atoms with van der Waals surface area (Å²) in [6, 6.07) is 4.75. The summed E-state index contributed by atoms with van der Waals surface area (Å²) in [5.41, 5.74) is 0. The summed E-state index contributed by atoms with van der Waals surface area (Å²) in [5.74, 6) is 1.19. The lowest BCUT2D eigenvalue weighted by Gasteiger charge is -2.35. The number of nitrogens with zero attached hydrogens (tertiary/aromatic N) is 2. The topological polar surface area (TPSA) is 34.3 Å². The molecule has 0 aromatic carbocycles. The van der Waals surface area contributed by atoms with Crippen molar-refractivity contribution in [1.82, 2.24) is 15.2 Å². The second-order valence-electron chi connectivity index (χ2n) is 4.27. The summed E-state index contributed by atoms with van der Waals surface area (Å²) in [7, 11) is 4.34. The highest BCUT2D eigenvalue weighted by molar-refractivity contribution is 5.37. The van der Waals surface area contributed by atoms with E-state index in [-0.39, 0.29) is 0 Å². The average Bonchev–Trinajstić information content (AvgIpc) is 2.74.